The predicted molar refractivity (Wildman–Crippen MR) is 173 cm³/mol. The Labute approximate surface area is 258 Å². The first kappa shape index (κ1) is 41.0. The highest BCUT2D eigenvalue weighted by Gasteiger charge is 2.23. The van der Waals surface area contributed by atoms with Gasteiger partial charge in [0.1, 0.15) is 13.2 Å². The highest BCUT2D eigenvalue weighted by atomic mass is 31.2. The molecule has 0 saturated carbocycles. The van der Waals surface area contributed by atoms with Crippen LogP contribution in [0, 0.1) is 0 Å². The van der Waals surface area contributed by atoms with E-state index in [2.05, 4.69) is 31.3 Å². The Hall–Kier alpha value is -1.02. The number of hydrogen-bond donors (Lipinski definition) is 2. The molecule has 0 radical (unpaired) electrons. The van der Waals surface area contributed by atoms with E-state index in [4.69, 9.17) is 9.05 Å². The van der Waals surface area contributed by atoms with Gasteiger partial charge in [-0.1, -0.05) is 115 Å². The molecular formula is C33H65N2O6P. The monoisotopic (exact) mass is 616 g/mol. The fraction of sp³-hybridized carbons (Fsp3) is 0.848. The molecule has 9 heteroatoms. The number of quaternary nitrogens is 1. The van der Waals surface area contributed by atoms with Crippen LogP contribution >= 0.6 is 7.82 Å². The van der Waals surface area contributed by atoms with Gasteiger partial charge in [-0.15, -0.1) is 0 Å². The van der Waals surface area contributed by atoms with Crippen LogP contribution in [0.3, 0.4) is 0 Å². The van der Waals surface area contributed by atoms with Crippen molar-refractivity contribution in [3.8, 4) is 0 Å². The minimum atomic E-state index is -4.57. The number of phosphoric ester groups is 1. The van der Waals surface area contributed by atoms with Crippen LogP contribution in [0.4, 0.5) is 0 Å². The fourth-order valence-corrected chi connectivity index (χ4v) is 5.12. The lowest BCUT2D eigenvalue weighted by atomic mass is 10.1. The quantitative estimate of drug-likeness (QED) is 0.0398. The Balaban J connectivity index is 4.70. The van der Waals surface area contributed by atoms with Gasteiger partial charge in [0.15, 0.2) is 0 Å². The van der Waals surface area contributed by atoms with E-state index in [1.54, 1.807) is 6.08 Å². The van der Waals surface area contributed by atoms with E-state index in [1.807, 2.05) is 27.2 Å². The number of amides is 1. The molecule has 3 atom stereocenters. The van der Waals surface area contributed by atoms with Gasteiger partial charge < -0.3 is 28.8 Å². The SMILES string of the molecule is CCCCCCC/C=C/CC/C=C/C(O)C(COP(=O)([O-])OCC[N+](C)(C)C)NC(=O)CCCCCCCCCCC. The van der Waals surface area contributed by atoms with Crippen LogP contribution in [0.1, 0.15) is 129 Å². The highest BCUT2D eigenvalue weighted by Crippen LogP contribution is 2.38. The van der Waals surface area contributed by atoms with Gasteiger partial charge in [-0.05, 0) is 32.1 Å². The zero-order valence-corrected chi connectivity index (χ0v) is 28.6. The predicted octanol–water partition coefficient (Wildman–Crippen LogP) is 7.21. The maximum absolute atomic E-state index is 12.6. The first-order valence-corrected chi connectivity index (χ1v) is 18.2. The average molecular weight is 617 g/mol. The molecular weight excluding hydrogens is 551 g/mol. The van der Waals surface area contributed by atoms with Crippen LogP contribution < -0.4 is 10.2 Å². The highest BCUT2D eigenvalue weighted by molar-refractivity contribution is 7.45. The first-order valence-electron chi connectivity index (χ1n) is 16.7. The largest absolute Gasteiger partial charge is 0.756 e. The Kier molecular flexibility index (Phi) is 25.7. The van der Waals surface area contributed by atoms with Crippen molar-refractivity contribution in [2.75, 3.05) is 40.9 Å². The minimum Gasteiger partial charge on any atom is -0.756 e. The van der Waals surface area contributed by atoms with Gasteiger partial charge in [-0.2, -0.15) is 0 Å². The Morgan fingerprint density at radius 1 is 0.810 bits per heavy atom. The number of rotatable bonds is 29. The summed E-state index contributed by atoms with van der Waals surface area (Å²) in [6.07, 6.45) is 26.5. The Morgan fingerprint density at radius 3 is 1.93 bits per heavy atom. The summed E-state index contributed by atoms with van der Waals surface area (Å²) in [6, 6.07) is -0.893. The van der Waals surface area contributed by atoms with Gasteiger partial charge in [-0.3, -0.25) is 9.36 Å². The van der Waals surface area contributed by atoms with E-state index in [0.29, 0.717) is 17.4 Å². The summed E-state index contributed by atoms with van der Waals surface area (Å²) in [5.41, 5.74) is 0. The molecule has 248 valence electrons. The lowest BCUT2D eigenvalue weighted by Gasteiger charge is -2.29. The molecule has 0 aliphatic rings. The number of nitrogens with one attached hydrogen (secondary N) is 1. The third-order valence-corrected chi connectivity index (χ3v) is 8.13. The summed E-state index contributed by atoms with van der Waals surface area (Å²) in [6.45, 7) is 4.53. The maximum atomic E-state index is 12.6. The van der Waals surface area contributed by atoms with Crippen molar-refractivity contribution in [3.05, 3.63) is 24.3 Å². The molecule has 0 fully saturated rings. The summed E-state index contributed by atoms with van der Waals surface area (Å²) in [7, 11) is 1.24. The second-order valence-corrected chi connectivity index (χ2v) is 13.9. The molecule has 0 heterocycles. The number of phosphoric acid groups is 1. The number of unbranched alkanes of at least 4 members (excludes halogenated alkanes) is 14. The summed E-state index contributed by atoms with van der Waals surface area (Å²) in [4.78, 5) is 24.9. The number of allylic oxidation sites excluding steroid dienone is 3. The molecule has 0 aromatic carbocycles. The smallest absolute Gasteiger partial charge is 0.268 e. The van der Waals surface area contributed by atoms with E-state index in [1.165, 1.54) is 70.6 Å². The summed E-state index contributed by atoms with van der Waals surface area (Å²) in [5.74, 6) is -0.215. The molecule has 1 amide bonds. The van der Waals surface area contributed by atoms with Gasteiger partial charge in [0.2, 0.25) is 5.91 Å². The first-order chi connectivity index (χ1) is 20.0. The fourth-order valence-electron chi connectivity index (χ4n) is 4.40. The Bertz CT molecular complexity index is 753. The third kappa shape index (κ3) is 27.8. The van der Waals surface area contributed by atoms with Gasteiger partial charge >= 0.3 is 0 Å². The van der Waals surface area contributed by atoms with Gasteiger partial charge in [0.25, 0.3) is 7.82 Å². The van der Waals surface area contributed by atoms with E-state index < -0.39 is 26.6 Å². The van der Waals surface area contributed by atoms with Crippen molar-refractivity contribution < 1.29 is 32.9 Å². The summed E-state index contributed by atoms with van der Waals surface area (Å²) >= 11 is 0. The van der Waals surface area contributed by atoms with Crippen LogP contribution in [0.2, 0.25) is 0 Å². The second kappa shape index (κ2) is 26.4. The van der Waals surface area contributed by atoms with E-state index in [9.17, 15) is 19.4 Å². The van der Waals surface area contributed by atoms with Crippen LogP contribution in [0.15, 0.2) is 24.3 Å². The summed E-state index contributed by atoms with van der Waals surface area (Å²) in [5, 5.41) is 13.6. The normalized spacial score (nSPS) is 15.3. The molecule has 0 aromatic heterocycles. The van der Waals surface area contributed by atoms with Crippen molar-refractivity contribution in [1.29, 1.82) is 0 Å². The molecule has 0 aromatic rings. The zero-order valence-electron chi connectivity index (χ0n) is 27.7. The molecule has 8 nitrogen and oxygen atoms in total. The van der Waals surface area contributed by atoms with Crippen LogP contribution in [-0.4, -0.2) is 68.5 Å². The molecule has 0 rings (SSSR count). The number of aliphatic hydroxyl groups excluding tert-OH is 1. The van der Waals surface area contributed by atoms with Gasteiger partial charge in [0, 0.05) is 6.42 Å². The molecule has 0 aliphatic heterocycles. The topological polar surface area (TPSA) is 108 Å². The minimum absolute atomic E-state index is 0.00534. The number of likely N-dealkylation sites (N-methyl/N-ethyl adjacent to an activating group) is 1. The molecule has 2 N–H and O–H groups in total. The van der Waals surface area contributed by atoms with E-state index >= 15 is 0 Å². The number of nitrogens with zero attached hydrogens (tertiary/aromatic N) is 1. The van der Waals surface area contributed by atoms with Crippen LogP contribution in [0.5, 0.6) is 0 Å². The van der Waals surface area contributed by atoms with Gasteiger partial charge in [-0.25, -0.2) is 0 Å². The van der Waals surface area contributed by atoms with Crippen LogP contribution in [-0.2, 0) is 18.4 Å². The van der Waals surface area contributed by atoms with E-state index in [-0.39, 0.29) is 12.5 Å². The van der Waals surface area contributed by atoms with Crippen molar-refractivity contribution in [2.45, 2.75) is 142 Å². The number of aliphatic hydroxyl groups is 1. The molecule has 0 saturated heterocycles. The number of carbonyl (C=O) groups excluding carboxylic acids is 1. The second-order valence-electron chi connectivity index (χ2n) is 12.5. The lowest BCUT2D eigenvalue weighted by Crippen LogP contribution is -2.45. The number of hydrogen-bond acceptors (Lipinski definition) is 6. The molecule has 3 unspecified atom stereocenters. The molecule has 0 bridgehead atoms. The average Bonchev–Trinajstić information content (AvgIpc) is 2.92. The maximum Gasteiger partial charge on any atom is 0.268 e. The van der Waals surface area contributed by atoms with Crippen molar-refractivity contribution in [3.63, 3.8) is 0 Å². The van der Waals surface area contributed by atoms with Crippen molar-refractivity contribution >= 4 is 13.7 Å². The molecule has 0 aliphatic carbocycles. The third-order valence-electron chi connectivity index (χ3n) is 7.16. The lowest BCUT2D eigenvalue weighted by molar-refractivity contribution is -0.870. The summed E-state index contributed by atoms with van der Waals surface area (Å²) < 4.78 is 22.9. The molecule has 0 spiro atoms. The van der Waals surface area contributed by atoms with Crippen molar-refractivity contribution in [2.24, 2.45) is 0 Å². The van der Waals surface area contributed by atoms with Crippen molar-refractivity contribution in [1.82, 2.24) is 5.32 Å². The Morgan fingerprint density at radius 2 is 1.33 bits per heavy atom. The van der Waals surface area contributed by atoms with Gasteiger partial charge in [0.05, 0.1) is 39.9 Å². The van der Waals surface area contributed by atoms with Crippen LogP contribution in [0.25, 0.3) is 0 Å². The zero-order chi connectivity index (χ0) is 31.5. The standard InChI is InChI=1S/C33H65N2O6P/c1-6-8-10-12-14-16-17-19-20-22-24-26-32(36)31(30-41-42(38,39)40-29-28-35(3,4)5)34-33(37)27-25-23-21-18-15-13-11-9-7-2/h17,19,24,26,31-32,36H,6-16,18,20-23,25,27-30H2,1-5H3,(H-,34,37,38,39)/b19-17+,26-24+. The number of carbonyl (C=O) groups is 1. The van der Waals surface area contributed by atoms with E-state index in [0.717, 1.165) is 38.5 Å². The molecule has 42 heavy (non-hydrogen) atoms.